The molecule has 0 radical (unpaired) electrons. The summed E-state index contributed by atoms with van der Waals surface area (Å²) in [7, 11) is 0. The maximum absolute atomic E-state index is 11.4. The molecule has 0 aromatic rings. The van der Waals surface area contributed by atoms with Gasteiger partial charge in [0.1, 0.15) is 0 Å². The molecule has 0 fully saturated rings. The van der Waals surface area contributed by atoms with Gasteiger partial charge >= 0.3 is 5.97 Å². The molecule has 0 aromatic carbocycles. The van der Waals surface area contributed by atoms with Crippen LogP contribution in [0.4, 0.5) is 0 Å². The summed E-state index contributed by atoms with van der Waals surface area (Å²) in [6.45, 7) is 9.42. The first-order chi connectivity index (χ1) is 5.98. The van der Waals surface area contributed by atoms with Gasteiger partial charge in [0.05, 0.1) is 0 Å². The number of cyclic esters (lactones) is 1. The molecular weight excluding hydrogens is 166 g/mol. The first kappa shape index (κ1) is 9.96. The van der Waals surface area contributed by atoms with E-state index in [1.54, 1.807) is 6.92 Å². The summed E-state index contributed by atoms with van der Waals surface area (Å²) < 4.78 is 4.92. The predicted molar refractivity (Wildman–Crippen MR) is 51.6 cm³/mol. The number of aliphatic imine (C=N–C) groups is 1. The van der Waals surface area contributed by atoms with Crippen molar-refractivity contribution in [2.75, 3.05) is 0 Å². The minimum atomic E-state index is -0.697. The summed E-state index contributed by atoms with van der Waals surface area (Å²) in [4.78, 5) is 15.6. The van der Waals surface area contributed by atoms with Crippen LogP contribution in [-0.2, 0) is 9.53 Å². The second-order valence-electron chi connectivity index (χ2n) is 3.92. The number of rotatable bonds is 3. The van der Waals surface area contributed by atoms with E-state index in [9.17, 15) is 4.79 Å². The van der Waals surface area contributed by atoms with E-state index < -0.39 is 5.54 Å². The van der Waals surface area contributed by atoms with Gasteiger partial charge in [0.25, 0.3) is 0 Å². The van der Waals surface area contributed by atoms with Crippen molar-refractivity contribution in [1.29, 1.82) is 0 Å². The Hall–Kier alpha value is -1.12. The molecule has 1 atom stereocenters. The van der Waals surface area contributed by atoms with E-state index >= 15 is 0 Å². The van der Waals surface area contributed by atoms with Gasteiger partial charge in [0.15, 0.2) is 5.54 Å². The topological polar surface area (TPSA) is 38.7 Å². The van der Waals surface area contributed by atoms with Crippen molar-refractivity contribution in [1.82, 2.24) is 0 Å². The number of hydrogen-bond donors (Lipinski definition) is 0. The zero-order chi connectivity index (χ0) is 10.1. The fourth-order valence-electron chi connectivity index (χ4n) is 1.53. The Kier molecular flexibility index (Phi) is 2.55. The summed E-state index contributed by atoms with van der Waals surface area (Å²) in [5.41, 5.74) is -0.697. The lowest BCUT2D eigenvalue weighted by Crippen LogP contribution is -2.31. The average Bonchev–Trinajstić information content (AvgIpc) is 2.26. The minimum absolute atomic E-state index is 0.267. The van der Waals surface area contributed by atoms with Gasteiger partial charge in [-0.25, -0.2) is 9.79 Å². The largest absolute Gasteiger partial charge is 0.406 e. The van der Waals surface area contributed by atoms with Crippen LogP contribution >= 0.6 is 0 Å². The number of carbonyl (C=O) groups excluding carboxylic acids is 1. The fraction of sp³-hybridized carbons (Fsp3) is 0.600. The second kappa shape index (κ2) is 3.32. The standard InChI is InChI=1S/C10H15NO2/c1-5-8-11-10(4,6-7(2)3)9(12)13-8/h5,7H,1,6H2,2-4H3. The molecule has 0 spiro atoms. The monoisotopic (exact) mass is 181 g/mol. The first-order valence-electron chi connectivity index (χ1n) is 4.42. The zero-order valence-electron chi connectivity index (χ0n) is 8.33. The normalized spacial score (nSPS) is 27.4. The van der Waals surface area contributed by atoms with Gasteiger partial charge in [-0.15, -0.1) is 0 Å². The lowest BCUT2D eigenvalue weighted by Gasteiger charge is -2.17. The average molecular weight is 181 g/mol. The molecule has 0 aliphatic carbocycles. The first-order valence-corrected chi connectivity index (χ1v) is 4.42. The van der Waals surface area contributed by atoms with Gasteiger partial charge in [-0.05, 0) is 25.3 Å². The molecule has 3 heteroatoms. The van der Waals surface area contributed by atoms with E-state index in [1.807, 2.05) is 0 Å². The summed E-state index contributed by atoms with van der Waals surface area (Å²) in [5, 5.41) is 0. The molecule has 0 saturated carbocycles. The Morgan fingerprint density at radius 1 is 1.69 bits per heavy atom. The van der Waals surface area contributed by atoms with E-state index in [1.165, 1.54) is 6.08 Å². The molecule has 13 heavy (non-hydrogen) atoms. The molecule has 1 heterocycles. The Morgan fingerprint density at radius 2 is 2.31 bits per heavy atom. The quantitative estimate of drug-likeness (QED) is 0.624. The Labute approximate surface area is 78.5 Å². The summed E-state index contributed by atoms with van der Waals surface area (Å²) in [6, 6.07) is 0. The van der Waals surface area contributed by atoms with Crippen LogP contribution in [0.15, 0.2) is 17.6 Å². The lowest BCUT2D eigenvalue weighted by atomic mass is 9.92. The lowest BCUT2D eigenvalue weighted by molar-refractivity contribution is -0.138. The van der Waals surface area contributed by atoms with Crippen molar-refractivity contribution < 1.29 is 9.53 Å². The number of nitrogens with zero attached hydrogens (tertiary/aromatic N) is 1. The highest BCUT2D eigenvalue weighted by Gasteiger charge is 2.40. The van der Waals surface area contributed by atoms with Crippen LogP contribution in [0.2, 0.25) is 0 Å². The molecule has 1 aliphatic heterocycles. The Bertz CT molecular complexity index is 268. The van der Waals surface area contributed by atoms with Crippen molar-refractivity contribution in [2.24, 2.45) is 10.9 Å². The maximum atomic E-state index is 11.4. The van der Waals surface area contributed by atoms with E-state index in [0.29, 0.717) is 18.2 Å². The molecule has 1 rings (SSSR count). The van der Waals surface area contributed by atoms with Gasteiger partial charge in [0.2, 0.25) is 5.90 Å². The highest BCUT2D eigenvalue weighted by molar-refractivity contribution is 6.04. The van der Waals surface area contributed by atoms with E-state index in [4.69, 9.17) is 4.74 Å². The number of esters is 1. The summed E-state index contributed by atoms with van der Waals surface area (Å²) in [6.07, 6.45) is 2.17. The van der Waals surface area contributed by atoms with Crippen LogP contribution in [0.25, 0.3) is 0 Å². The van der Waals surface area contributed by atoms with E-state index in [2.05, 4.69) is 25.4 Å². The van der Waals surface area contributed by atoms with Crippen LogP contribution in [-0.4, -0.2) is 17.4 Å². The van der Waals surface area contributed by atoms with Gasteiger partial charge in [0, 0.05) is 0 Å². The van der Waals surface area contributed by atoms with Crippen LogP contribution in [0.3, 0.4) is 0 Å². The van der Waals surface area contributed by atoms with Gasteiger partial charge in [-0.2, -0.15) is 0 Å². The SMILES string of the molecule is C=CC1=NC(C)(CC(C)C)C(=O)O1. The Balaban J connectivity index is 2.83. The summed E-state index contributed by atoms with van der Waals surface area (Å²) in [5.74, 6) is 0.495. The molecule has 0 amide bonds. The van der Waals surface area contributed by atoms with Crippen molar-refractivity contribution in [3.05, 3.63) is 12.7 Å². The predicted octanol–water partition coefficient (Wildman–Crippen LogP) is 1.93. The van der Waals surface area contributed by atoms with Crippen LogP contribution < -0.4 is 0 Å². The maximum Gasteiger partial charge on any atom is 0.340 e. The molecule has 0 bridgehead atoms. The highest BCUT2D eigenvalue weighted by Crippen LogP contribution is 2.27. The molecule has 72 valence electrons. The number of carbonyl (C=O) groups is 1. The smallest absolute Gasteiger partial charge is 0.340 e. The van der Waals surface area contributed by atoms with Gasteiger partial charge in [-0.1, -0.05) is 20.4 Å². The van der Waals surface area contributed by atoms with Crippen LogP contribution in [0.5, 0.6) is 0 Å². The Morgan fingerprint density at radius 3 is 2.69 bits per heavy atom. The van der Waals surface area contributed by atoms with Crippen molar-refractivity contribution in [2.45, 2.75) is 32.7 Å². The third-order valence-corrected chi connectivity index (χ3v) is 1.97. The molecule has 0 N–H and O–H groups in total. The fourth-order valence-corrected chi connectivity index (χ4v) is 1.53. The number of hydrogen-bond acceptors (Lipinski definition) is 3. The van der Waals surface area contributed by atoms with Crippen molar-refractivity contribution >= 4 is 11.9 Å². The second-order valence-corrected chi connectivity index (χ2v) is 3.92. The molecule has 1 aliphatic rings. The van der Waals surface area contributed by atoms with E-state index in [-0.39, 0.29) is 5.97 Å². The summed E-state index contributed by atoms with van der Waals surface area (Å²) >= 11 is 0. The third-order valence-electron chi connectivity index (χ3n) is 1.97. The number of ether oxygens (including phenoxy) is 1. The zero-order valence-corrected chi connectivity index (χ0v) is 8.33. The molecule has 3 nitrogen and oxygen atoms in total. The van der Waals surface area contributed by atoms with Crippen LogP contribution in [0.1, 0.15) is 27.2 Å². The minimum Gasteiger partial charge on any atom is -0.406 e. The third kappa shape index (κ3) is 1.97. The van der Waals surface area contributed by atoms with Crippen molar-refractivity contribution in [3.63, 3.8) is 0 Å². The molecule has 1 unspecified atom stereocenters. The molecule has 0 aromatic heterocycles. The van der Waals surface area contributed by atoms with Gasteiger partial charge in [-0.3, -0.25) is 0 Å². The van der Waals surface area contributed by atoms with Crippen molar-refractivity contribution in [3.8, 4) is 0 Å². The van der Waals surface area contributed by atoms with Gasteiger partial charge < -0.3 is 4.74 Å². The van der Waals surface area contributed by atoms with Crippen LogP contribution in [0, 0.1) is 5.92 Å². The highest BCUT2D eigenvalue weighted by atomic mass is 16.6. The molecular formula is C10H15NO2. The van der Waals surface area contributed by atoms with E-state index in [0.717, 1.165) is 0 Å². The molecule has 0 saturated heterocycles.